The van der Waals surface area contributed by atoms with Crippen molar-refractivity contribution in [3.05, 3.63) is 12.7 Å². The summed E-state index contributed by atoms with van der Waals surface area (Å²) in [6.07, 6.45) is 2.28. The first kappa shape index (κ1) is 10.6. The number of carbonyl (C=O) groups excluding carboxylic acids is 1. The molecule has 3 nitrogen and oxygen atoms in total. The molecule has 1 aliphatic rings. The largest absolute Gasteiger partial charge is 0.353 e. The fourth-order valence-electron chi connectivity index (χ4n) is 1.23. The van der Waals surface area contributed by atoms with E-state index in [1.54, 1.807) is 6.08 Å². The molecule has 4 heteroatoms. The predicted octanol–water partition coefficient (Wildman–Crippen LogP) is 0.384. The van der Waals surface area contributed by atoms with Gasteiger partial charge in [0.25, 0.3) is 0 Å². The Balaban J connectivity index is 2.14. The van der Waals surface area contributed by atoms with Crippen molar-refractivity contribution in [3.8, 4) is 0 Å². The van der Waals surface area contributed by atoms with Crippen LogP contribution in [0.15, 0.2) is 12.7 Å². The summed E-state index contributed by atoms with van der Waals surface area (Å²) in [4.78, 5) is 11.3. The molecule has 74 valence electrons. The highest BCUT2D eigenvalue weighted by atomic mass is 32.2. The number of amides is 1. The first-order valence-electron chi connectivity index (χ1n) is 4.51. The summed E-state index contributed by atoms with van der Waals surface area (Å²) < 4.78 is 0. The van der Waals surface area contributed by atoms with Gasteiger partial charge < -0.3 is 10.6 Å². The van der Waals surface area contributed by atoms with E-state index in [-0.39, 0.29) is 5.91 Å². The molecule has 13 heavy (non-hydrogen) atoms. The molecule has 0 radical (unpaired) electrons. The van der Waals surface area contributed by atoms with Gasteiger partial charge in [0.2, 0.25) is 5.91 Å². The molecule has 1 heterocycles. The van der Waals surface area contributed by atoms with Crippen molar-refractivity contribution >= 4 is 17.7 Å². The summed E-state index contributed by atoms with van der Waals surface area (Å²) in [5, 5.41) is 6.09. The van der Waals surface area contributed by atoms with E-state index in [0.717, 1.165) is 18.1 Å². The van der Waals surface area contributed by atoms with Gasteiger partial charge >= 0.3 is 0 Å². The smallest absolute Gasteiger partial charge is 0.221 e. The Morgan fingerprint density at radius 2 is 2.62 bits per heavy atom. The third kappa shape index (κ3) is 4.33. The number of nitrogens with one attached hydrogen (secondary N) is 2. The zero-order chi connectivity index (χ0) is 9.52. The standard InChI is InChI=1S/C9H16N2OS/c1-2-3-11-9(12)6-8-7-13-5-4-10-8/h2,8,10H,1,3-7H2,(H,11,12). The fraction of sp³-hybridized carbons (Fsp3) is 0.667. The number of carbonyl (C=O) groups is 1. The van der Waals surface area contributed by atoms with Crippen molar-refractivity contribution in [3.63, 3.8) is 0 Å². The average Bonchev–Trinajstić information content (AvgIpc) is 2.16. The zero-order valence-electron chi connectivity index (χ0n) is 7.71. The molecular formula is C9H16N2OS. The molecule has 1 aliphatic heterocycles. The third-order valence-corrected chi connectivity index (χ3v) is 3.00. The molecule has 0 aliphatic carbocycles. The van der Waals surface area contributed by atoms with Crippen LogP contribution in [0.3, 0.4) is 0 Å². The van der Waals surface area contributed by atoms with Gasteiger partial charge in [0, 0.05) is 37.1 Å². The second-order valence-corrected chi connectivity index (χ2v) is 4.17. The fourth-order valence-corrected chi connectivity index (χ4v) is 2.18. The molecule has 1 atom stereocenters. The van der Waals surface area contributed by atoms with Crippen LogP contribution in [-0.2, 0) is 4.79 Å². The summed E-state index contributed by atoms with van der Waals surface area (Å²) >= 11 is 1.91. The Morgan fingerprint density at radius 1 is 1.77 bits per heavy atom. The van der Waals surface area contributed by atoms with Gasteiger partial charge in [-0.2, -0.15) is 11.8 Å². The van der Waals surface area contributed by atoms with Gasteiger partial charge in [-0.05, 0) is 0 Å². The Morgan fingerprint density at radius 3 is 3.23 bits per heavy atom. The molecule has 0 bridgehead atoms. The highest BCUT2D eigenvalue weighted by Gasteiger charge is 2.15. The molecule has 0 aromatic rings. The average molecular weight is 200 g/mol. The first-order chi connectivity index (χ1) is 6.33. The lowest BCUT2D eigenvalue weighted by Crippen LogP contribution is -2.41. The molecule has 1 fully saturated rings. The Kier molecular flexibility index (Phi) is 4.93. The number of thioether (sulfide) groups is 1. The van der Waals surface area contributed by atoms with Gasteiger partial charge in [-0.25, -0.2) is 0 Å². The number of hydrogen-bond acceptors (Lipinski definition) is 3. The van der Waals surface area contributed by atoms with Crippen LogP contribution in [0, 0.1) is 0 Å². The Bertz CT molecular complexity index is 178. The minimum atomic E-state index is 0.111. The summed E-state index contributed by atoms with van der Waals surface area (Å²) in [6, 6.07) is 0.351. The highest BCUT2D eigenvalue weighted by Crippen LogP contribution is 2.09. The van der Waals surface area contributed by atoms with Gasteiger partial charge in [-0.15, -0.1) is 6.58 Å². The van der Waals surface area contributed by atoms with E-state index in [4.69, 9.17) is 0 Å². The summed E-state index contributed by atoms with van der Waals surface area (Å²) in [5.74, 6) is 2.31. The second-order valence-electron chi connectivity index (χ2n) is 3.02. The minimum Gasteiger partial charge on any atom is -0.353 e. The lowest BCUT2D eigenvalue weighted by atomic mass is 10.2. The van der Waals surface area contributed by atoms with Crippen molar-refractivity contribution < 1.29 is 4.79 Å². The van der Waals surface area contributed by atoms with Crippen LogP contribution in [0.25, 0.3) is 0 Å². The summed E-state index contributed by atoms with van der Waals surface area (Å²) in [7, 11) is 0. The zero-order valence-corrected chi connectivity index (χ0v) is 8.53. The van der Waals surface area contributed by atoms with Crippen LogP contribution < -0.4 is 10.6 Å². The molecule has 1 saturated heterocycles. The van der Waals surface area contributed by atoms with E-state index in [0.29, 0.717) is 19.0 Å². The monoisotopic (exact) mass is 200 g/mol. The van der Waals surface area contributed by atoms with Gasteiger partial charge in [0.15, 0.2) is 0 Å². The maximum atomic E-state index is 11.3. The van der Waals surface area contributed by atoms with Crippen molar-refractivity contribution in [1.29, 1.82) is 0 Å². The summed E-state index contributed by atoms with van der Waals surface area (Å²) in [6.45, 7) is 5.13. The Hall–Kier alpha value is -0.480. The maximum Gasteiger partial charge on any atom is 0.221 e. The van der Waals surface area contributed by atoms with Gasteiger partial charge in [0.1, 0.15) is 0 Å². The van der Waals surface area contributed by atoms with Crippen LogP contribution >= 0.6 is 11.8 Å². The van der Waals surface area contributed by atoms with E-state index in [9.17, 15) is 4.79 Å². The molecule has 0 aromatic carbocycles. The van der Waals surface area contributed by atoms with E-state index in [2.05, 4.69) is 17.2 Å². The van der Waals surface area contributed by atoms with Crippen molar-refractivity contribution in [2.24, 2.45) is 0 Å². The van der Waals surface area contributed by atoms with Crippen LogP contribution in [-0.4, -0.2) is 36.5 Å². The molecular weight excluding hydrogens is 184 g/mol. The Labute approximate surface area is 83.3 Å². The highest BCUT2D eigenvalue weighted by molar-refractivity contribution is 7.99. The van der Waals surface area contributed by atoms with Gasteiger partial charge in [-0.1, -0.05) is 6.08 Å². The number of hydrogen-bond donors (Lipinski definition) is 2. The first-order valence-corrected chi connectivity index (χ1v) is 5.67. The van der Waals surface area contributed by atoms with Crippen molar-refractivity contribution in [1.82, 2.24) is 10.6 Å². The molecule has 1 rings (SSSR count). The topological polar surface area (TPSA) is 41.1 Å². The molecule has 0 spiro atoms. The normalized spacial score (nSPS) is 22.3. The molecule has 0 aromatic heterocycles. The van der Waals surface area contributed by atoms with E-state index in [1.165, 1.54) is 0 Å². The SMILES string of the molecule is C=CCNC(=O)CC1CSCCN1. The molecule has 1 unspecified atom stereocenters. The van der Waals surface area contributed by atoms with Crippen LogP contribution in [0.4, 0.5) is 0 Å². The summed E-state index contributed by atoms with van der Waals surface area (Å²) in [5.41, 5.74) is 0. The number of rotatable bonds is 4. The predicted molar refractivity (Wildman–Crippen MR) is 56.9 cm³/mol. The lowest BCUT2D eigenvalue weighted by Gasteiger charge is -2.22. The van der Waals surface area contributed by atoms with Crippen molar-refractivity contribution in [2.75, 3.05) is 24.6 Å². The van der Waals surface area contributed by atoms with Gasteiger partial charge in [-0.3, -0.25) is 4.79 Å². The van der Waals surface area contributed by atoms with Crippen LogP contribution in [0.2, 0.25) is 0 Å². The quantitative estimate of drug-likeness (QED) is 0.645. The van der Waals surface area contributed by atoms with E-state index < -0.39 is 0 Å². The van der Waals surface area contributed by atoms with Crippen LogP contribution in [0.5, 0.6) is 0 Å². The molecule has 2 N–H and O–H groups in total. The lowest BCUT2D eigenvalue weighted by molar-refractivity contribution is -0.121. The molecule has 1 amide bonds. The third-order valence-electron chi connectivity index (χ3n) is 1.87. The maximum absolute atomic E-state index is 11.3. The van der Waals surface area contributed by atoms with Crippen LogP contribution in [0.1, 0.15) is 6.42 Å². The van der Waals surface area contributed by atoms with Crippen molar-refractivity contribution in [2.45, 2.75) is 12.5 Å². The van der Waals surface area contributed by atoms with E-state index >= 15 is 0 Å². The second kappa shape index (κ2) is 6.05. The molecule has 0 saturated carbocycles. The van der Waals surface area contributed by atoms with Gasteiger partial charge in [0.05, 0.1) is 0 Å². The minimum absolute atomic E-state index is 0.111. The van der Waals surface area contributed by atoms with E-state index in [1.807, 2.05) is 11.8 Å².